The van der Waals surface area contributed by atoms with Gasteiger partial charge in [0.15, 0.2) is 0 Å². The maximum atomic E-state index is 12.1. The molecular weight excluding hydrogens is 280 g/mol. The SMILES string of the molecule is Cc1ccc(C)c(C2=C/C(=C\c3sccc3C)C(=O)O2)c1. The minimum atomic E-state index is -0.279. The van der Waals surface area contributed by atoms with Crippen molar-refractivity contribution in [2.45, 2.75) is 20.8 Å². The van der Waals surface area contributed by atoms with Gasteiger partial charge in [-0.25, -0.2) is 4.79 Å². The zero-order valence-electron chi connectivity index (χ0n) is 12.3. The number of carbonyl (C=O) groups excluding carboxylic acids is 1. The van der Waals surface area contributed by atoms with Crippen molar-refractivity contribution in [3.63, 3.8) is 0 Å². The molecule has 2 aromatic rings. The second-order valence-corrected chi connectivity index (χ2v) is 6.23. The molecule has 0 amide bonds. The van der Waals surface area contributed by atoms with E-state index in [-0.39, 0.29) is 5.97 Å². The maximum Gasteiger partial charge on any atom is 0.343 e. The van der Waals surface area contributed by atoms with Crippen LogP contribution in [0.15, 0.2) is 41.3 Å². The third-order valence-electron chi connectivity index (χ3n) is 3.57. The summed E-state index contributed by atoms with van der Waals surface area (Å²) in [5.74, 6) is 0.361. The van der Waals surface area contributed by atoms with Gasteiger partial charge >= 0.3 is 5.97 Å². The molecule has 106 valence electrons. The zero-order chi connectivity index (χ0) is 15.0. The van der Waals surface area contributed by atoms with Crippen LogP contribution in [-0.4, -0.2) is 5.97 Å². The van der Waals surface area contributed by atoms with Crippen LogP contribution < -0.4 is 0 Å². The first-order chi connectivity index (χ1) is 10.0. The molecule has 0 spiro atoms. The number of thiophene rings is 1. The molecule has 21 heavy (non-hydrogen) atoms. The lowest BCUT2D eigenvalue weighted by Crippen LogP contribution is -1.98. The van der Waals surface area contributed by atoms with Gasteiger partial charge in [0.25, 0.3) is 0 Å². The molecule has 0 saturated heterocycles. The van der Waals surface area contributed by atoms with Crippen LogP contribution in [0, 0.1) is 20.8 Å². The molecule has 2 nitrogen and oxygen atoms in total. The Bertz CT molecular complexity index is 778. The Hall–Kier alpha value is -2.13. The van der Waals surface area contributed by atoms with Crippen molar-refractivity contribution < 1.29 is 9.53 Å². The van der Waals surface area contributed by atoms with E-state index in [2.05, 4.69) is 6.07 Å². The van der Waals surface area contributed by atoms with Crippen molar-refractivity contribution in [1.29, 1.82) is 0 Å². The fourth-order valence-electron chi connectivity index (χ4n) is 2.30. The number of carbonyl (C=O) groups is 1. The quantitative estimate of drug-likeness (QED) is 0.595. The highest BCUT2D eigenvalue weighted by Gasteiger charge is 2.23. The molecular formula is C18H16O2S. The van der Waals surface area contributed by atoms with Crippen LogP contribution in [0.2, 0.25) is 0 Å². The molecule has 1 aromatic carbocycles. The van der Waals surface area contributed by atoms with Crippen molar-refractivity contribution in [3.05, 3.63) is 68.4 Å². The monoisotopic (exact) mass is 296 g/mol. The summed E-state index contributed by atoms with van der Waals surface area (Å²) in [6.07, 6.45) is 3.74. The highest BCUT2D eigenvalue weighted by molar-refractivity contribution is 7.11. The molecule has 0 fully saturated rings. The Balaban J connectivity index is 2.01. The van der Waals surface area contributed by atoms with Crippen molar-refractivity contribution >= 4 is 29.1 Å². The molecule has 1 aliphatic heterocycles. The van der Waals surface area contributed by atoms with Gasteiger partial charge in [0.2, 0.25) is 0 Å². The van der Waals surface area contributed by atoms with Crippen LogP contribution in [0.1, 0.15) is 27.1 Å². The van der Waals surface area contributed by atoms with Crippen molar-refractivity contribution in [2.24, 2.45) is 0 Å². The molecule has 0 radical (unpaired) electrons. The third kappa shape index (κ3) is 2.69. The summed E-state index contributed by atoms with van der Waals surface area (Å²) in [5, 5.41) is 2.03. The summed E-state index contributed by atoms with van der Waals surface area (Å²) in [5.41, 5.74) is 5.02. The van der Waals surface area contributed by atoms with Crippen molar-refractivity contribution in [1.82, 2.24) is 0 Å². The van der Waals surface area contributed by atoms with Gasteiger partial charge in [-0.15, -0.1) is 11.3 Å². The van der Waals surface area contributed by atoms with E-state index in [0.717, 1.165) is 21.6 Å². The number of ether oxygens (including phenoxy) is 1. The Morgan fingerprint density at radius 2 is 1.90 bits per heavy atom. The lowest BCUT2D eigenvalue weighted by Gasteiger charge is -2.06. The van der Waals surface area contributed by atoms with Crippen LogP contribution in [0.25, 0.3) is 11.8 Å². The number of esters is 1. The van der Waals surface area contributed by atoms with Gasteiger partial charge in [-0.3, -0.25) is 0 Å². The lowest BCUT2D eigenvalue weighted by molar-refractivity contribution is -0.130. The lowest BCUT2D eigenvalue weighted by atomic mass is 10.0. The van der Waals surface area contributed by atoms with E-state index in [9.17, 15) is 4.79 Å². The predicted molar refractivity (Wildman–Crippen MR) is 87.0 cm³/mol. The van der Waals surface area contributed by atoms with E-state index in [4.69, 9.17) is 4.74 Å². The van der Waals surface area contributed by atoms with Gasteiger partial charge in [-0.1, -0.05) is 17.7 Å². The molecule has 0 N–H and O–H groups in total. The van der Waals surface area contributed by atoms with E-state index in [0.29, 0.717) is 11.3 Å². The minimum absolute atomic E-state index is 0.279. The minimum Gasteiger partial charge on any atom is -0.422 e. The molecule has 0 bridgehead atoms. The number of benzene rings is 1. The Morgan fingerprint density at radius 3 is 2.62 bits per heavy atom. The van der Waals surface area contributed by atoms with Crippen molar-refractivity contribution in [2.75, 3.05) is 0 Å². The average molecular weight is 296 g/mol. The first-order valence-electron chi connectivity index (χ1n) is 6.82. The molecule has 2 heterocycles. The van der Waals surface area contributed by atoms with Crippen LogP contribution in [0.4, 0.5) is 0 Å². The van der Waals surface area contributed by atoms with E-state index >= 15 is 0 Å². The van der Waals surface area contributed by atoms with Gasteiger partial charge in [0, 0.05) is 10.4 Å². The second-order valence-electron chi connectivity index (χ2n) is 5.28. The number of hydrogen-bond acceptors (Lipinski definition) is 3. The Labute approximate surface area is 128 Å². The molecule has 0 unspecified atom stereocenters. The Morgan fingerprint density at radius 1 is 1.10 bits per heavy atom. The topological polar surface area (TPSA) is 26.3 Å². The highest BCUT2D eigenvalue weighted by Crippen LogP contribution is 2.31. The number of aryl methyl sites for hydroxylation is 3. The summed E-state index contributed by atoms with van der Waals surface area (Å²) in [7, 11) is 0. The van der Waals surface area contributed by atoms with Crippen LogP contribution in [0.3, 0.4) is 0 Å². The third-order valence-corrected chi connectivity index (χ3v) is 4.54. The zero-order valence-corrected chi connectivity index (χ0v) is 13.1. The summed E-state index contributed by atoms with van der Waals surface area (Å²) < 4.78 is 5.44. The van der Waals surface area contributed by atoms with Gasteiger partial charge in [-0.2, -0.15) is 0 Å². The maximum absolute atomic E-state index is 12.1. The normalized spacial score (nSPS) is 16.2. The summed E-state index contributed by atoms with van der Waals surface area (Å²) in [6, 6.07) is 8.20. The first-order valence-corrected chi connectivity index (χ1v) is 7.70. The molecule has 3 heteroatoms. The van der Waals surface area contributed by atoms with E-state index in [1.807, 2.05) is 56.5 Å². The predicted octanol–water partition coefficient (Wildman–Crippen LogP) is 4.65. The molecule has 1 aromatic heterocycles. The van der Waals surface area contributed by atoms with Crippen LogP contribution in [0.5, 0.6) is 0 Å². The molecule has 0 atom stereocenters. The van der Waals surface area contributed by atoms with E-state index in [1.165, 1.54) is 5.56 Å². The standard InChI is InChI=1S/C18H16O2S/c1-11-4-5-12(2)15(8-11)16-9-14(18(19)20-16)10-17-13(3)6-7-21-17/h4-10H,1-3H3/b14-10+. The Kier molecular flexibility index (Phi) is 3.52. The number of cyclic esters (lactones) is 1. The highest BCUT2D eigenvalue weighted by atomic mass is 32.1. The fraction of sp³-hybridized carbons (Fsp3) is 0.167. The van der Waals surface area contributed by atoms with Gasteiger partial charge in [-0.05, 0) is 61.6 Å². The first kappa shape index (κ1) is 13.8. The molecule has 0 saturated carbocycles. The molecule has 0 aliphatic carbocycles. The van der Waals surface area contributed by atoms with E-state index < -0.39 is 0 Å². The fourth-order valence-corrected chi connectivity index (χ4v) is 3.16. The number of hydrogen-bond donors (Lipinski definition) is 0. The summed E-state index contributed by atoms with van der Waals surface area (Å²) in [4.78, 5) is 13.2. The molecule has 1 aliphatic rings. The second kappa shape index (κ2) is 5.34. The summed E-state index contributed by atoms with van der Waals surface area (Å²) >= 11 is 1.63. The van der Waals surface area contributed by atoms with E-state index in [1.54, 1.807) is 11.3 Å². The largest absolute Gasteiger partial charge is 0.422 e. The van der Waals surface area contributed by atoms with Gasteiger partial charge in [0.05, 0.1) is 5.57 Å². The van der Waals surface area contributed by atoms with Crippen LogP contribution in [-0.2, 0) is 9.53 Å². The number of rotatable bonds is 2. The van der Waals surface area contributed by atoms with Gasteiger partial charge < -0.3 is 4.74 Å². The smallest absolute Gasteiger partial charge is 0.343 e. The molecule has 3 rings (SSSR count). The summed E-state index contributed by atoms with van der Waals surface area (Å²) in [6.45, 7) is 6.10. The van der Waals surface area contributed by atoms with Crippen molar-refractivity contribution in [3.8, 4) is 0 Å². The van der Waals surface area contributed by atoms with Gasteiger partial charge in [0.1, 0.15) is 5.76 Å². The van der Waals surface area contributed by atoms with Crippen LogP contribution >= 0.6 is 11.3 Å². The average Bonchev–Trinajstić information content (AvgIpc) is 3.01.